The zero-order valence-electron chi connectivity index (χ0n) is 17.5. The molecule has 1 saturated heterocycles. The summed E-state index contributed by atoms with van der Waals surface area (Å²) in [4.78, 5) is 37.9. The second-order valence-electron chi connectivity index (χ2n) is 7.38. The summed E-state index contributed by atoms with van der Waals surface area (Å²) in [7, 11) is 0. The van der Waals surface area contributed by atoms with E-state index in [0.717, 1.165) is 15.9 Å². The number of aryl methyl sites for hydroxylation is 1. The van der Waals surface area contributed by atoms with E-state index >= 15 is 0 Å². The Morgan fingerprint density at radius 1 is 1.06 bits per heavy atom. The van der Waals surface area contributed by atoms with Crippen molar-refractivity contribution in [1.82, 2.24) is 9.88 Å². The first-order valence-electron chi connectivity index (χ1n) is 9.78. The van der Waals surface area contributed by atoms with Crippen LogP contribution in [0.3, 0.4) is 0 Å². The van der Waals surface area contributed by atoms with Gasteiger partial charge in [-0.15, -0.1) is 0 Å². The molecule has 8 nitrogen and oxygen atoms in total. The zero-order valence-corrected chi connectivity index (χ0v) is 19.9. The van der Waals surface area contributed by atoms with Gasteiger partial charge < -0.3 is 4.57 Å². The molecular weight excluding hydrogens is 508 g/mol. The Kier molecular flexibility index (Phi) is 5.96. The summed E-state index contributed by atoms with van der Waals surface area (Å²) in [6.07, 6.45) is 1.51. The first-order chi connectivity index (χ1) is 15.7. The van der Waals surface area contributed by atoms with Crippen LogP contribution >= 0.6 is 28.1 Å². The predicted octanol–water partition coefficient (Wildman–Crippen LogP) is 4.60. The van der Waals surface area contributed by atoms with Crippen molar-refractivity contribution in [2.75, 3.05) is 4.90 Å². The number of nitro benzene ring substituents is 1. The van der Waals surface area contributed by atoms with Crippen molar-refractivity contribution in [3.8, 4) is 5.69 Å². The Labute approximate surface area is 202 Å². The lowest BCUT2D eigenvalue weighted by Crippen LogP contribution is -2.54. The van der Waals surface area contributed by atoms with Crippen molar-refractivity contribution in [3.63, 3.8) is 0 Å². The average molecular weight is 525 g/mol. The first-order valence-corrected chi connectivity index (χ1v) is 11.0. The van der Waals surface area contributed by atoms with Gasteiger partial charge >= 0.3 is 0 Å². The number of hydrogen-bond acceptors (Lipinski definition) is 5. The van der Waals surface area contributed by atoms with E-state index in [4.69, 9.17) is 12.2 Å². The zero-order chi connectivity index (χ0) is 23.9. The van der Waals surface area contributed by atoms with E-state index in [1.165, 1.54) is 23.1 Å². The monoisotopic (exact) mass is 524 g/mol. The Morgan fingerprint density at radius 2 is 1.76 bits per heavy atom. The quantitative estimate of drug-likeness (QED) is 0.177. The normalized spacial score (nSPS) is 15.2. The van der Waals surface area contributed by atoms with Crippen LogP contribution in [0.15, 0.2) is 64.6 Å². The Bertz CT molecular complexity index is 1380. The van der Waals surface area contributed by atoms with E-state index in [1.807, 2.05) is 30.5 Å². The van der Waals surface area contributed by atoms with Crippen molar-refractivity contribution in [2.24, 2.45) is 0 Å². The lowest BCUT2D eigenvalue weighted by molar-refractivity contribution is -0.384. The van der Waals surface area contributed by atoms with E-state index in [0.29, 0.717) is 16.9 Å². The largest absolute Gasteiger partial charge is 0.318 e. The van der Waals surface area contributed by atoms with Crippen molar-refractivity contribution >= 4 is 62.5 Å². The van der Waals surface area contributed by atoms with Gasteiger partial charge in [0.15, 0.2) is 5.11 Å². The Morgan fingerprint density at radius 3 is 2.45 bits per heavy atom. The van der Waals surface area contributed by atoms with Crippen LogP contribution in [-0.2, 0) is 9.59 Å². The molecule has 166 valence electrons. The Balaban J connectivity index is 1.77. The van der Waals surface area contributed by atoms with E-state index < -0.39 is 16.7 Å². The minimum absolute atomic E-state index is 0.00215. The van der Waals surface area contributed by atoms with Gasteiger partial charge in [-0.2, -0.15) is 0 Å². The summed E-state index contributed by atoms with van der Waals surface area (Å²) in [5.41, 5.74) is 3.20. The number of non-ortho nitro benzene ring substituents is 1. The molecule has 33 heavy (non-hydrogen) atoms. The molecule has 0 aliphatic carbocycles. The summed E-state index contributed by atoms with van der Waals surface area (Å²) in [5.74, 6) is -1.13. The molecule has 0 radical (unpaired) electrons. The summed E-state index contributed by atoms with van der Waals surface area (Å²) < 4.78 is 2.60. The number of nitro groups is 1. The number of nitrogens with zero attached hydrogens (tertiary/aromatic N) is 3. The molecule has 4 rings (SSSR count). The molecule has 2 aromatic carbocycles. The van der Waals surface area contributed by atoms with Crippen molar-refractivity contribution in [2.45, 2.75) is 13.8 Å². The van der Waals surface area contributed by atoms with Gasteiger partial charge in [0.05, 0.1) is 16.3 Å². The third kappa shape index (κ3) is 4.22. The van der Waals surface area contributed by atoms with E-state index in [2.05, 4.69) is 21.2 Å². The van der Waals surface area contributed by atoms with Gasteiger partial charge in [0, 0.05) is 28.0 Å². The molecule has 1 fully saturated rings. The third-order valence-electron chi connectivity index (χ3n) is 5.24. The summed E-state index contributed by atoms with van der Waals surface area (Å²) in [5, 5.41) is 13.8. The molecule has 2 heterocycles. The number of aromatic nitrogens is 1. The van der Waals surface area contributed by atoms with Crippen LogP contribution < -0.4 is 10.2 Å². The molecule has 0 unspecified atom stereocenters. The lowest BCUT2D eigenvalue weighted by Gasteiger charge is -2.29. The standard InChI is InChI=1S/C23H17BrN4O4S/c1-13-9-15(14(2)26(13)18-7-4-8-19(12-18)28(31)32)10-20-21(29)25-23(33)27(22(20)30)17-6-3-5-16(24)11-17/h3-12H,1-2H3,(H,25,29,33)/b20-10+. The molecule has 10 heteroatoms. The molecule has 3 aromatic rings. The van der Waals surface area contributed by atoms with Gasteiger partial charge in [-0.05, 0) is 68.0 Å². The number of anilines is 1. The highest BCUT2D eigenvalue weighted by Crippen LogP contribution is 2.28. The predicted molar refractivity (Wildman–Crippen MR) is 132 cm³/mol. The van der Waals surface area contributed by atoms with Crippen LogP contribution in [0.4, 0.5) is 11.4 Å². The van der Waals surface area contributed by atoms with Crippen LogP contribution in [0.5, 0.6) is 0 Å². The molecule has 2 amide bonds. The van der Waals surface area contributed by atoms with Crippen molar-refractivity contribution in [1.29, 1.82) is 0 Å². The molecule has 1 aliphatic heterocycles. The van der Waals surface area contributed by atoms with E-state index in [-0.39, 0.29) is 16.4 Å². The lowest BCUT2D eigenvalue weighted by atomic mass is 10.1. The summed E-state index contributed by atoms with van der Waals surface area (Å²) >= 11 is 8.62. The first kappa shape index (κ1) is 22.6. The van der Waals surface area contributed by atoms with Gasteiger partial charge in [0.2, 0.25) is 0 Å². The maximum Gasteiger partial charge on any atom is 0.271 e. The maximum atomic E-state index is 13.3. The number of thiocarbonyl (C=S) groups is 1. The van der Waals surface area contributed by atoms with E-state index in [1.54, 1.807) is 30.3 Å². The molecule has 0 bridgehead atoms. The smallest absolute Gasteiger partial charge is 0.271 e. The molecule has 0 saturated carbocycles. The molecule has 0 atom stereocenters. The number of amides is 2. The average Bonchev–Trinajstić information content (AvgIpc) is 3.04. The second-order valence-corrected chi connectivity index (χ2v) is 8.68. The minimum atomic E-state index is -0.587. The molecular formula is C23H17BrN4O4S. The number of benzene rings is 2. The van der Waals surface area contributed by atoms with Gasteiger partial charge in [-0.25, -0.2) is 0 Å². The fourth-order valence-corrected chi connectivity index (χ4v) is 4.41. The number of carbonyl (C=O) groups excluding carboxylic acids is 2. The van der Waals surface area contributed by atoms with Crippen LogP contribution in [0, 0.1) is 24.0 Å². The fourth-order valence-electron chi connectivity index (χ4n) is 3.74. The summed E-state index contributed by atoms with van der Waals surface area (Å²) in [6, 6.07) is 15.1. The number of nitrogens with one attached hydrogen (secondary N) is 1. The van der Waals surface area contributed by atoms with Crippen LogP contribution in [0.25, 0.3) is 11.8 Å². The SMILES string of the molecule is Cc1cc(/C=C2\C(=O)NC(=S)N(c3cccc(Br)c3)C2=O)c(C)n1-c1cccc([N+](=O)[O-])c1. The van der Waals surface area contributed by atoms with Gasteiger partial charge in [0.1, 0.15) is 5.57 Å². The second kappa shape index (κ2) is 8.72. The van der Waals surface area contributed by atoms with Gasteiger partial charge in [-0.1, -0.05) is 28.1 Å². The highest BCUT2D eigenvalue weighted by molar-refractivity contribution is 9.10. The van der Waals surface area contributed by atoms with E-state index in [9.17, 15) is 19.7 Å². The van der Waals surface area contributed by atoms with Crippen molar-refractivity contribution in [3.05, 3.63) is 91.7 Å². The fraction of sp³-hybridized carbons (Fsp3) is 0.0870. The number of hydrogen-bond donors (Lipinski definition) is 1. The topological polar surface area (TPSA) is 97.5 Å². The third-order valence-corrected chi connectivity index (χ3v) is 6.01. The molecule has 1 N–H and O–H groups in total. The van der Waals surface area contributed by atoms with Crippen LogP contribution in [-0.4, -0.2) is 26.4 Å². The molecule has 1 aliphatic rings. The van der Waals surface area contributed by atoms with Gasteiger partial charge in [-0.3, -0.25) is 29.9 Å². The molecule has 1 aromatic heterocycles. The maximum absolute atomic E-state index is 13.3. The summed E-state index contributed by atoms with van der Waals surface area (Å²) in [6.45, 7) is 3.67. The highest BCUT2D eigenvalue weighted by atomic mass is 79.9. The highest BCUT2D eigenvalue weighted by Gasteiger charge is 2.34. The number of halogens is 1. The van der Waals surface area contributed by atoms with Crippen molar-refractivity contribution < 1.29 is 14.5 Å². The van der Waals surface area contributed by atoms with Gasteiger partial charge in [0.25, 0.3) is 17.5 Å². The number of carbonyl (C=O) groups is 2. The number of rotatable bonds is 4. The Hall–Kier alpha value is -3.63. The van der Waals surface area contributed by atoms with Crippen LogP contribution in [0.2, 0.25) is 0 Å². The molecule has 0 spiro atoms. The van der Waals surface area contributed by atoms with Crippen LogP contribution in [0.1, 0.15) is 17.0 Å². The minimum Gasteiger partial charge on any atom is -0.318 e.